The van der Waals surface area contributed by atoms with E-state index in [9.17, 15) is 0 Å². The Morgan fingerprint density at radius 3 is 2.60 bits per heavy atom. The maximum atomic E-state index is 5.96. The van der Waals surface area contributed by atoms with Crippen LogP contribution in [0.25, 0.3) is 10.9 Å². The molecule has 2 rings (SSSR count). The van der Waals surface area contributed by atoms with Crippen LogP contribution in [0, 0.1) is 5.92 Å². The van der Waals surface area contributed by atoms with Crippen LogP contribution in [0.15, 0.2) is 30.3 Å². The molecule has 0 spiro atoms. The van der Waals surface area contributed by atoms with Crippen molar-refractivity contribution >= 4 is 10.9 Å². The van der Waals surface area contributed by atoms with Crippen molar-refractivity contribution in [3.8, 4) is 5.75 Å². The van der Waals surface area contributed by atoms with E-state index in [1.165, 1.54) is 0 Å². The highest BCUT2D eigenvalue weighted by Gasteiger charge is 2.08. The molecule has 3 nitrogen and oxygen atoms in total. The topological polar surface area (TPSA) is 34.1 Å². The van der Waals surface area contributed by atoms with E-state index < -0.39 is 0 Å². The normalized spacial score (nSPS) is 11.5. The third-order valence-electron chi connectivity index (χ3n) is 2.99. The van der Waals surface area contributed by atoms with E-state index in [2.05, 4.69) is 45.1 Å². The maximum Gasteiger partial charge on any atom is 0.130 e. The Balaban J connectivity index is 2.31. The Labute approximate surface area is 121 Å². The lowest BCUT2D eigenvalue weighted by Gasteiger charge is -2.14. The van der Waals surface area contributed by atoms with Gasteiger partial charge < -0.3 is 10.1 Å². The molecule has 0 unspecified atom stereocenters. The molecule has 0 aliphatic heterocycles. The quantitative estimate of drug-likeness (QED) is 0.869. The van der Waals surface area contributed by atoms with Gasteiger partial charge in [0.1, 0.15) is 5.75 Å². The minimum absolute atomic E-state index is 0.448. The van der Waals surface area contributed by atoms with Crippen LogP contribution in [0.3, 0.4) is 0 Å². The summed E-state index contributed by atoms with van der Waals surface area (Å²) < 4.78 is 5.96. The second-order valence-electron chi connectivity index (χ2n) is 5.87. The molecule has 2 aromatic rings. The van der Waals surface area contributed by atoms with Crippen molar-refractivity contribution in [3.63, 3.8) is 0 Å². The summed E-state index contributed by atoms with van der Waals surface area (Å²) in [6.45, 7) is 10.1. The molecule has 0 atom stereocenters. The largest absolute Gasteiger partial charge is 0.493 e. The zero-order valence-corrected chi connectivity index (χ0v) is 12.8. The Morgan fingerprint density at radius 1 is 1.15 bits per heavy atom. The van der Waals surface area contributed by atoms with Crippen molar-refractivity contribution in [2.75, 3.05) is 6.61 Å². The Bertz CT molecular complexity index is 564. The van der Waals surface area contributed by atoms with Gasteiger partial charge in [0.05, 0.1) is 17.8 Å². The summed E-state index contributed by atoms with van der Waals surface area (Å²) in [4.78, 5) is 4.69. The van der Waals surface area contributed by atoms with Crippen molar-refractivity contribution < 1.29 is 4.74 Å². The molecule has 0 fully saturated rings. The van der Waals surface area contributed by atoms with E-state index in [1.54, 1.807) is 0 Å². The van der Waals surface area contributed by atoms with Gasteiger partial charge in [-0.15, -0.1) is 0 Å². The predicted octanol–water partition coefficient (Wildman–Crippen LogP) is 3.77. The number of rotatable bonds is 6. The minimum Gasteiger partial charge on any atom is -0.493 e. The van der Waals surface area contributed by atoms with Crippen molar-refractivity contribution in [2.24, 2.45) is 5.92 Å². The summed E-state index contributed by atoms with van der Waals surface area (Å²) in [7, 11) is 0. The predicted molar refractivity (Wildman–Crippen MR) is 84.1 cm³/mol. The molecule has 0 aliphatic carbocycles. The Hall–Kier alpha value is -1.61. The van der Waals surface area contributed by atoms with Gasteiger partial charge in [0.25, 0.3) is 0 Å². The third kappa shape index (κ3) is 3.94. The second kappa shape index (κ2) is 6.71. The number of para-hydroxylation sites is 1. The molecule has 1 N–H and O–H groups in total. The molecule has 0 aliphatic rings. The highest BCUT2D eigenvalue weighted by Crippen LogP contribution is 2.25. The van der Waals surface area contributed by atoms with Crippen LogP contribution in [-0.4, -0.2) is 17.6 Å². The number of benzene rings is 1. The summed E-state index contributed by atoms with van der Waals surface area (Å²) in [5.74, 6) is 1.45. The summed E-state index contributed by atoms with van der Waals surface area (Å²) in [5.41, 5.74) is 2.02. The van der Waals surface area contributed by atoms with Crippen molar-refractivity contribution in [2.45, 2.75) is 40.3 Å². The van der Waals surface area contributed by atoms with Crippen LogP contribution < -0.4 is 10.1 Å². The fraction of sp³-hybridized carbons (Fsp3) is 0.471. The molecule has 0 bridgehead atoms. The van der Waals surface area contributed by atoms with Gasteiger partial charge in [-0.25, -0.2) is 0 Å². The monoisotopic (exact) mass is 272 g/mol. The van der Waals surface area contributed by atoms with E-state index in [0.29, 0.717) is 12.0 Å². The molecule has 3 heteroatoms. The van der Waals surface area contributed by atoms with E-state index in [4.69, 9.17) is 9.72 Å². The van der Waals surface area contributed by atoms with Crippen LogP contribution in [0.5, 0.6) is 5.75 Å². The van der Waals surface area contributed by atoms with Gasteiger partial charge in [0.15, 0.2) is 0 Å². The fourth-order valence-corrected chi connectivity index (χ4v) is 1.97. The average Bonchev–Trinajstić information content (AvgIpc) is 2.42. The molecule has 0 amide bonds. The number of nitrogens with one attached hydrogen (secondary N) is 1. The number of pyridine rings is 1. The van der Waals surface area contributed by atoms with Gasteiger partial charge in [-0.1, -0.05) is 39.8 Å². The smallest absolute Gasteiger partial charge is 0.130 e. The molecule has 20 heavy (non-hydrogen) atoms. The van der Waals surface area contributed by atoms with Gasteiger partial charge in [0.2, 0.25) is 0 Å². The third-order valence-corrected chi connectivity index (χ3v) is 2.99. The van der Waals surface area contributed by atoms with Gasteiger partial charge in [-0.2, -0.15) is 0 Å². The van der Waals surface area contributed by atoms with Crippen molar-refractivity contribution in [1.82, 2.24) is 10.3 Å². The number of aromatic nitrogens is 1. The lowest BCUT2D eigenvalue weighted by molar-refractivity contribution is 0.273. The summed E-state index contributed by atoms with van der Waals surface area (Å²) in [6.07, 6.45) is 0. The summed E-state index contributed by atoms with van der Waals surface area (Å²) >= 11 is 0. The first-order valence-corrected chi connectivity index (χ1v) is 7.31. The number of hydrogen-bond donors (Lipinski definition) is 1. The highest BCUT2D eigenvalue weighted by atomic mass is 16.5. The molecule has 108 valence electrons. The van der Waals surface area contributed by atoms with E-state index in [-0.39, 0.29) is 0 Å². The fourth-order valence-electron chi connectivity index (χ4n) is 1.97. The molecular weight excluding hydrogens is 248 g/mol. The van der Waals surface area contributed by atoms with E-state index >= 15 is 0 Å². The zero-order valence-electron chi connectivity index (χ0n) is 12.8. The number of fused-ring (bicyclic) bond motifs is 1. The highest BCUT2D eigenvalue weighted by molar-refractivity contribution is 5.85. The van der Waals surface area contributed by atoms with Gasteiger partial charge >= 0.3 is 0 Å². The van der Waals surface area contributed by atoms with Crippen molar-refractivity contribution in [3.05, 3.63) is 36.0 Å². The first kappa shape index (κ1) is 14.8. The summed E-state index contributed by atoms with van der Waals surface area (Å²) in [6, 6.07) is 10.6. The number of hydrogen-bond acceptors (Lipinski definition) is 3. The van der Waals surface area contributed by atoms with Gasteiger partial charge in [0, 0.05) is 24.0 Å². The van der Waals surface area contributed by atoms with Crippen LogP contribution in [0.1, 0.15) is 33.4 Å². The molecule has 1 aromatic carbocycles. The maximum absolute atomic E-state index is 5.96. The zero-order chi connectivity index (χ0) is 14.5. The molecule has 0 saturated carbocycles. The average molecular weight is 272 g/mol. The van der Waals surface area contributed by atoms with Gasteiger partial charge in [-0.05, 0) is 18.1 Å². The standard InChI is InChI=1S/C17H24N2O/c1-12(2)11-20-17-9-14(10-18-13(3)4)19-16-8-6-5-7-15(16)17/h5-9,12-13,18H,10-11H2,1-4H3. The lowest BCUT2D eigenvalue weighted by Crippen LogP contribution is -2.22. The molecule has 1 aromatic heterocycles. The lowest BCUT2D eigenvalue weighted by atomic mass is 10.1. The first-order valence-electron chi connectivity index (χ1n) is 7.31. The SMILES string of the molecule is CC(C)COc1cc(CNC(C)C)nc2ccccc12. The van der Waals surface area contributed by atoms with E-state index in [0.717, 1.165) is 35.5 Å². The molecule has 0 saturated heterocycles. The number of nitrogens with zero attached hydrogens (tertiary/aromatic N) is 1. The van der Waals surface area contributed by atoms with Crippen LogP contribution in [0.4, 0.5) is 0 Å². The molecule has 0 radical (unpaired) electrons. The summed E-state index contributed by atoms with van der Waals surface area (Å²) in [5, 5.41) is 4.49. The van der Waals surface area contributed by atoms with Gasteiger partial charge in [-0.3, -0.25) is 4.98 Å². The van der Waals surface area contributed by atoms with Crippen LogP contribution in [-0.2, 0) is 6.54 Å². The minimum atomic E-state index is 0.448. The first-order chi connectivity index (χ1) is 9.56. The molecule has 1 heterocycles. The Morgan fingerprint density at radius 2 is 1.90 bits per heavy atom. The van der Waals surface area contributed by atoms with Crippen LogP contribution >= 0.6 is 0 Å². The number of ether oxygens (including phenoxy) is 1. The second-order valence-corrected chi connectivity index (χ2v) is 5.87. The Kier molecular flexibility index (Phi) is 4.96. The van der Waals surface area contributed by atoms with E-state index in [1.807, 2.05) is 18.2 Å². The van der Waals surface area contributed by atoms with Crippen molar-refractivity contribution in [1.29, 1.82) is 0 Å². The van der Waals surface area contributed by atoms with Crippen LogP contribution in [0.2, 0.25) is 0 Å². The molecular formula is C17H24N2O.